The van der Waals surface area contributed by atoms with E-state index in [0.717, 1.165) is 11.4 Å². The van der Waals surface area contributed by atoms with Gasteiger partial charge in [-0.05, 0) is 32.1 Å². The molecule has 0 spiro atoms. The molecule has 0 bridgehead atoms. The first-order chi connectivity index (χ1) is 8.50. The maximum atomic E-state index is 4.47. The van der Waals surface area contributed by atoms with Gasteiger partial charge in [0.25, 0.3) is 0 Å². The van der Waals surface area contributed by atoms with Crippen molar-refractivity contribution in [1.29, 1.82) is 0 Å². The molecule has 0 radical (unpaired) electrons. The fourth-order valence-corrected chi connectivity index (χ4v) is 3.03. The van der Waals surface area contributed by atoms with Crippen molar-refractivity contribution >= 4 is 0 Å². The van der Waals surface area contributed by atoms with Gasteiger partial charge in [0.1, 0.15) is 0 Å². The molecule has 3 heteroatoms. The minimum Gasteiger partial charge on any atom is -0.305 e. The van der Waals surface area contributed by atoms with Gasteiger partial charge in [-0.3, -0.25) is 9.97 Å². The predicted molar refractivity (Wildman–Crippen MR) is 74.4 cm³/mol. The van der Waals surface area contributed by atoms with Gasteiger partial charge in [-0.1, -0.05) is 26.7 Å². The lowest BCUT2D eigenvalue weighted by atomic mass is 9.73. The van der Waals surface area contributed by atoms with Crippen molar-refractivity contribution in [3.05, 3.63) is 23.8 Å². The third kappa shape index (κ3) is 2.89. The van der Waals surface area contributed by atoms with Crippen LogP contribution < -0.4 is 5.32 Å². The maximum Gasteiger partial charge on any atom is 0.0782 e. The van der Waals surface area contributed by atoms with E-state index < -0.39 is 0 Å². The number of hydrogen-bond acceptors (Lipinski definition) is 3. The van der Waals surface area contributed by atoms with Crippen molar-refractivity contribution in [1.82, 2.24) is 15.3 Å². The molecule has 2 atom stereocenters. The van der Waals surface area contributed by atoms with E-state index in [4.69, 9.17) is 0 Å². The first-order valence-electron chi connectivity index (χ1n) is 7.04. The Bertz CT molecular complexity index is 400. The van der Waals surface area contributed by atoms with E-state index in [0.29, 0.717) is 11.5 Å². The summed E-state index contributed by atoms with van der Waals surface area (Å²) in [5.74, 6) is 0. The van der Waals surface area contributed by atoms with Crippen LogP contribution in [0, 0.1) is 12.3 Å². The van der Waals surface area contributed by atoms with Crippen LogP contribution in [0.25, 0.3) is 0 Å². The first-order valence-corrected chi connectivity index (χ1v) is 7.04. The molecule has 18 heavy (non-hydrogen) atoms. The SMILES string of the molecule is Cc1nccnc1C(C)NC1CCCCC1(C)C. The molecule has 0 aliphatic heterocycles. The van der Waals surface area contributed by atoms with Crippen LogP contribution in [0.3, 0.4) is 0 Å². The fourth-order valence-electron chi connectivity index (χ4n) is 3.03. The second-order valence-electron chi connectivity index (χ2n) is 6.20. The van der Waals surface area contributed by atoms with Crippen LogP contribution in [-0.4, -0.2) is 16.0 Å². The Hall–Kier alpha value is -0.960. The summed E-state index contributed by atoms with van der Waals surface area (Å²) in [7, 11) is 0. The number of aryl methyl sites for hydroxylation is 1. The summed E-state index contributed by atoms with van der Waals surface area (Å²) in [5, 5.41) is 3.76. The molecule has 1 saturated carbocycles. The Morgan fingerprint density at radius 2 is 2.00 bits per heavy atom. The zero-order valence-electron chi connectivity index (χ0n) is 12.0. The highest BCUT2D eigenvalue weighted by molar-refractivity contribution is 5.13. The molecule has 1 aromatic heterocycles. The lowest BCUT2D eigenvalue weighted by Crippen LogP contribution is -2.45. The van der Waals surface area contributed by atoms with Crippen LogP contribution in [-0.2, 0) is 0 Å². The molecular weight excluding hydrogens is 222 g/mol. The molecule has 0 aromatic carbocycles. The van der Waals surface area contributed by atoms with E-state index in [1.165, 1.54) is 25.7 Å². The number of nitrogens with one attached hydrogen (secondary N) is 1. The lowest BCUT2D eigenvalue weighted by molar-refractivity contribution is 0.157. The summed E-state index contributed by atoms with van der Waals surface area (Å²) in [6, 6.07) is 0.865. The van der Waals surface area contributed by atoms with E-state index in [-0.39, 0.29) is 6.04 Å². The van der Waals surface area contributed by atoms with Gasteiger partial charge >= 0.3 is 0 Å². The minimum atomic E-state index is 0.279. The van der Waals surface area contributed by atoms with Crippen LogP contribution in [0.1, 0.15) is 63.9 Å². The van der Waals surface area contributed by atoms with Crippen LogP contribution >= 0.6 is 0 Å². The molecule has 0 saturated heterocycles. The Morgan fingerprint density at radius 1 is 1.28 bits per heavy atom. The highest BCUT2D eigenvalue weighted by atomic mass is 15.0. The van der Waals surface area contributed by atoms with E-state index in [1.807, 2.05) is 6.92 Å². The number of rotatable bonds is 3. The van der Waals surface area contributed by atoms with Gasteiger partial charge < -0.3 is 5.32 Å². The van der Waals surface area contributed by atoms with Gasteiger partial charge in [-0.2, -0.15) is 0 Å². The quantitative estimate of drug-likeness (QED) is 0.889. The first kappa shape index (κ1) is 13.5. The summed E-state index contributed by atoms with van der Waals surface area (Å²) >= 11 is 0. The Morgan fingerprint density at radius 3 is 2.67 bits per heavy atom. The van der Waals surface area contributed by atoms with Gasteiger partial charge in [0, 0.05) is 24.5 Å². The third-order valence-corrected chi connectivity index (χ3v) is 4.29. The zero-order chi connectivity index (χ0) is 13.2. The molecule has 1 aliphatic rings. The topological polar surface area (TPSA) is 37.8 Å². The average molecular weight is 247 g/mol. The van der Waals surface area contributed by atoms with E-state index in [1.54, 1.807) is 12.4 Å². The predicted octanol–water partition coefficient (Wildman–Crippen LogP) is 3.40. The molecule has 1 fully saturated rings. The Kier molecular flexibility index (Phi) is 4.00. The second-order valence-corrected chi connectivity index (χ2v) is 6.20. The average Bonchev–Trinajstić information content (AvgIpc) is 2.32. The summed E-state index contributed by atoms with van der Waals surface area (Å²) in [6.45, 7) is 8.98. The van der Waals surface area contributed by atoms with Crippen LogP contribution in [0.2, 0.25) is 0 Å². The summed E-state index contributed by atoms with van der Waals surface area (Å²) in [4.78, 5) is 8.79. The molecule has 0 amide bonds. The molecule has 100 valence electrons. The van der Waals surface area contributed by atoms with Crippen molar-refractivity contribution in [3.8, 4) is 0 Å². The van der Waals surface area contributed by atoms with E-state index in [9.17, 15) is 0 Å². The fraction of sp³-hybridized carbons (Fsp3) is 0.733. The van der Waals surface area contributed by atoms with Gasteiger partial charge in [0.15, 0.2) is 0 Å². The normalized spacial score (nSPS) is 24.8. The van der Waals surface area contributed by atoms with Gasteiger partial charge in [0.05, 0.1) is 11.4 Å². The molecule has 1 aromatic rings. The van der Waals surface area contributed by atoms with Gasteiger partial charge in [0.2, 0.25) is 0 Å². The Balaban J connectivity index is 2.07. The highest BCUT2D eigenvalue weighted by Gasteiger charge is 2.33. The third-order valence-electron chi connectivity index (χ3n) is 4.29. The molecule has 3 nitrogen and oxygen atoms in total. The number of hydrogen-bond donors (Lipinski definition) is 1. The zero-order valence-corrected chi connectivity index (χ0v) is 12.0. The molecule has 2 rings (SSSR count). The number of nitrogens with zero attached hydrogens (tertiary/aromatic N) is 2. The smallest absolute Gasteiger partial charge is 0.0782 e. The van der Waals surface area contributed by atoms with Crippen molar-refractivity contribution < 1.29 is 0 Å². The van der Waals surface area contributed by atoms with Crippen molar-refractivity contribution in [2.45, 2.75) is 65.5 Å². The molecule has 2 unspecified atom stereocenters. The van der Waals surface area contributed by atoms with E-state index in [2.05, 4.69) is 36.1 Å². The monoisotopic (exact) mass is 247 g/mol. The van der Waals surface area contributed by atoms with Crippen molar-refractivity contribution in [2.75, 3.05) is 0 Å². The standard InChI is InChI=1S/C15H25N3/c1-11-14(17-10-9-16-11)12(2)18-13-7-5-6-8-15(13,3)4/h9-10,12-13,18H,5-8H2,1-4H3. The van der Waals surface area contributed by atoms with Crippen LogP contribution in [0.4, 0.5) is 0 Å². The molecule has 1 heterocycles. The molecular formula is C15H25N3. The van der Waals surface area contributed by atoms with Gasteiger partial charge in [-0.25, -0.2) is 0 Å². The lowest BCUT2D eigenvalue weighted by Gasteiger charge is -2.40. The van der Waals surface area contributed by atoms with Gasteiger partial charge in [-0.15, -0.1) is 0 Å². The highest BCUT2D eigenvalue weighted by Crippen LogP contribution is 2.36. The summed E-state index contributed by atoms with van der Waals surface area (Å²) < 4.78 is 0. The van der Waals surface area contributed by atoms with Crippen LogP contribution in [0.5, 0.6) is 0 Å². The molecule has 1 N–H and O–H groups in total. The molecule has 1 aliphatic carbocycles. The number of aromatic nitrogens is 2. The second kappa shape index (κ2) is 5.35. The van der Waals surface area contributed by atoms with Crippen LogP contribution in [0.15, 0.2) is 12.4 Å². The minimum absolute atomic E-state index is 0.279. The van der Waals surface area contributed by atoms with Crippen molar-refractivity contribution in [3.63, 3.8) is 0 Å². The van der Waals surface area contributed by atoms with Crippen molar-refractivity contribution in [2.24, 2.45) is 5.41 Å². The summed E-state index contributed by atoms with van der Waals surface area (Å²) in [6.07, 6.45) is 8.84. The van der Waals surface area contributed by atoms with E-state index >= 15 is 0 Å². The summed E-state index contributed by atoms with van der Waals surface area (Å²) in [5.41, 5.74) is 2.51. The largest absolute Gasteiger partial charge is 0.305 e. The Labute approximate surface area is 110 Å². The maximum absolute atomic E-state index is 4.47.